The summed E-state index contributed by atoms with van der Waals surface area (Å²) in [5, 5.41) is 0. The molecule has 0 bridgehead atoms. The van der Waals surface area contributed by atoms with Crippen LogP contribution in [0.4, 0.5) is 0 Å². The van der Waals surface area contributed by atoms with Crippen LogP contribution in [0.3, 0.4) is 0 Å². The van der Waals surface area contributed by atoms with Gasteiger partial charge in [-0.3, -0.25) is 4.99 Å². The summed E-state index contributed by atoms with van der Waals surface area (Å²) in [5.41, 5.74) is 0. The summed E-state index contributed by atoms with van der Waals surface area (Å²) in [6.45, 7) is 5.69. The molecule has 0 saturated carbocycles. The highest BCUT2D eigenvalue weighted by atomic mass is 16.5. The molecule has 3 heteroatoms. The fourth-order valence-electron chi connectivity index (χ4n) is 1.03. The van der Waals surface area contributed by atoms with E-state index in [-0.39, 0.29) is 0 Å². The van der Waals surface area contributed by atoms with Crippen molar-refractivity contribution >= 4 is 5.84 Å². The number of rotatable bonds is 0. The van der Waals surface area contributed by atoms with Gasteiger partial charge in [0.15, 0.2) is 0 Å². The van der Waals surface area contributed by atoms with Crippen LogP contribution in [-0.4, -0.2) is 44.1 Å². The topological polar surface area (TPSA) is 24.8 Å². The summed E-state index contributed by atoms with van der Waals surface area (Å²) in [4.78, 5) is 6.34. The molecule has 0 amide bonds. The molecule has 1 saturated heterocycles. The zero-order chi connectivity index (χ0) is 7.40. The van der Waals surface area contributed by atoms with E-state index in [1.807, 2.05) is 14.0 Å². The van der Waals surface area contributed by atoms with Gasteiger partial charge in [-0.05, 0) is 6.92 Å². The predicted octanol–water partition coefficient (Wildman–Crippen LogP) is 0.367. The zero-order valence-corrected chi connectivity index (χ0v) is 6.63. The summed E-state index contributed by atoms with van der Waals surface area (Å²) in [5.74, 6) is 1.11. The summed E-state index contributed by atoms with van der Waals surface area (Å²) < 4.78 is 5.20. The third-order valence-corrected chi connectivity index (χ3v) is 1.79. The van der Waals surface area contributed by atoms with E-state index in [0.29, 0.717) is 0 Å². The van der Waals surface area contributed by atoms with E-state index in [0.717, 1.165) is 32.1 Å². The third-order valence-electron chi connectivity index (χ3n) is 1.79. The molecule has 1 aliphatic heterocycles. The van der Waals surface area contributed by atoms with E-state index in [1.165, 1.54) is 0 Å². The maximum atomic E-state index is 5.20. The number of ether oxygens (including phenoxy) is 1. The molecule has 0 aromatic rings. The first-order chi connectivity index (χ1) is 4.84. The largest absolute Gasteiger partial charge is 0.378 e. The average Bonchev–Trinajstić information content (AvgIpc) is 2.05. The summed E-state index contributed by atoms with van der Waals surface area (Å²) >= 11 is 0. The van der Waals surface area contributed by atoms with Gasteiger partial charge in [0.1, 0.15) is 0 Å². The maximum absolute atomic E-state index is 5.20. The van der Waals surface area contributed by atoms with Gasteiger partial charge in [-0.25, -0.2) is 0 Å². The van der Waals surface area contributed by atoms with Gasteiger partial charge in [0, 0.05) is 20.1 Å². The molecule has 3 nitrogen and oxygen atoms in total. The molecular weight excluding hydrogens is 128 g/mol. The predicted molar refractivity (Wildman–Crippen MR) is 41.4 cm³/mol. The van der Waals surface area contributed by atoms with Crippen LogP contribution >= 0.6 is 0 Å². The molecule has 0 aromatic carbocycles. The Morgan fingerprint density at radius 1 is 1.40 bits per heavy atom. The molecule has 1 aliphatic rings. The normalized spacial score (nSPS) is 21.4. The van der Waals surface area contributed by atoms with Crippen molar-refractivity contribution in [1.82, 2.24) is 4.90 Å². The third kappa shape index (κ3) is 1.70. The molecule has 0 atom stereocenters. The average molecular weight is 142 g/mol. The summed E-state index contributed by atoms with van der Waals surface area (Å²) in [7, 11) is 1.82. The van der Waals surface area contributed by atoms with Crippen molar-refractivity contribution in [2.45, 2.75) is 6.92 Å². The van der Waals surface area contributed by atoms with Crippen molar-refractivity contribution in [3.8, 4) is 0 Å². The minimum Gasteiger partial charge on any atom is -0.378 e. The molecule has 1 rings (SSSR count). The van der Waals surface area contributed by atoms with Gasteiger partial charge in [-0.2, -0.15) is 0 Å². The number of nitrogens with zero attached hydrogens (tertiary/aromatic N) is 2. The molecule has 1 fully saturated rings. The minimum absolute atomic E-state index is 0.840. The van der Waals surface area contributed by atoms with Crippen LogP contribution in [0.25, 0.3) is 0 Å². The molecule has 1 heterocycles. The van der Waals surface area contributed by atoms with Gasteiger partial charge in [0.2, 0.25) is 0 Å². The van der Waals surface area contributed by atoms with Crippen LogP contribution in [0.15, 0.2) is 4.99 Å². The minimum atomic E-state index is 0.840. The van der Waals surface area contributed by atoms with Crippen molar-refractivity contribution in [3.05, 3.63) is 0 Å². The maximum Gasteiger partial charge on any atom is 0.0955 e. The number of hydrogen-bond acceptors (Lipinski definition) is 2. The molecule has 0 N–H and O–H groups in total. The van der Waals surface area contributed by atoms with Crippen LogP contribution < -0.4 is 0 Å². The number of morpholine rings is 1. The molecule has 0 aromatic heterocycles. The lowest BCUT2D eigenvalue weighted by molar-refractivity contribution is 0.0678. The Bertz CT molecular complexity index is 128. The van der Waals surface area contributed by atoms with Crippen LogP contribution in [-0.2, 0) is 4.74 Å². The van der Waals surface area contributed by atoms with Crippen LogP contribution in [0.5, 0.6) is 0 Å². The van der Waals surface area contributed by atoms with E-state index in [2.05, 4.69) is 9.89 Å². The van der Waals surface area contributed by atoms with Crippen molar-refractivity contribution in [2.24, 2.45) is 4.99 Å². The first kappa shape index (κ1) is 7.54. The Kier molecular flexibility index (Phi) is 2.68. The quantitative estimate of drug-likeness (QED) is 0.360. The Labute approximate surface area is 61.7 Å². The monoisotopic (exact) mass is 142 g/mol. The molecule has 0 aliphatic carbocycles. The SMILES string of the molecule is C/N=C(/C)N1CCOCC1. The Hall–Kier alpha value is -0.570. The van der Waals surface area contributed by atoms with Crippen LogP contribution in [0.1, 0.15) is 6.92 Å². The molecule has 58 valence electrons. The van der Waals surface area contributed by atoms with Gasteiger partial charge < -0.3 is 9.64 Å². The number of aliphatic imine (C=N–C) groups is 1. The fourth-order valence-corrected chi connectivity index (χ4v) is 1.03. The molecule has 0 unspecified atom stereocenters. The Morgan fingerprint density at radius 3 is 2.50 bits per heavy atom. The van der Waals surface area contributed by atoms with E-state index < -0.39 is 0 Å². The van der Waals surface area contributed by atoms with E-state index >= 15 is 0 Å². The Balaban J connectivity index is 2.39. The van der Waals surface area contributed by atoms with E-state index in [1.54, 1.807) is 0 Å². The van der Waals surface area contributed by atoms with Gasteiger partial charge in [-0.1, -0.05) is 0 Å². The van der Waals surface area contributed by atoms with E-state index in [4.69, 9.17) is 4.74 Å². The van der Waals surface area contributed by atoms with Crippen molar-refractivity contribution in [1.29, 1.82) is 0 Å². The number of amidine groups is 1. The van der Waals surface area contributed by atoms with Crippen molar-refractivity contribution < 1.29 is 4.74 Å². The van der Waals surface area contributed by atoms with Crippen LogP contribution in [0.2, 0.25) is 0 Å². The van der Waals surface area contributed by atoms with Gasteiger partial charge in [0.25, 0.3) is 0 Å². The van der Waals surface area contributed by atoms with Crippen LogP contribution in [0, 0.1) is 0 Å². The lowest BCUT2D eigenvalue weighted by atomic mass is 10.4. The first-order valence-electron chi connectivity index (χ1n) is 3.60. The second-order valence-electron chi connectivity index (χ2n) is 2.37. The highest BCUT2D eigenvalue weighted by molar-refractivity contribution is 5.79. The smallest absolute Gasteiger partial charge is 0.0955 e. The first-order valence-corrected chi connectivity index (χ1v) is 3.60. The van der Waals surface area contributed by atoms with E-state index in [9.17, 15) is 0 Å². The fraction of sp³-hybridized carbons (Fsp3) is 0.857. The molecule has 0 spiro atoms. The standard InChI is InChI=1S/C7H14N2O/c1-7(8-2)9-3-5-10-6-4-9/h3-6H2,1-2H3/b8-7-. The summed E-state index contributed by atoms with van der Waals surface area (Å²) in [6, 6.07) is 0. The second kappa shape index (κ2) is 3.56. The molecule has 0 radical (unpaired) electrons. The zero-order valence-electron chi connectivity index (χ0n) is 6.63. The van der Waals surface area contributed by atoms with Crippen molar-refractivity contribution in [3.63, 3.8) is 0 Å². The van der Waals surface area contributed by atoms with Crippen molar-refractivity contribution in [2.75, 3.05) is 33.4 Å². The second-order valence-corrected chi connectivity index (χ2v) is 2.37. The van der Waals surface area contributed by atoms with Gasteiger partial charge >= 0.3 is 0 Å². The number of hydrogen-bond donors (Lipinski definition) is 0. The summed E-state index contributed by atoms with van der Waals surface area (Å²) in [6.07, 6.45) is 0. The highest BCUT2D eigenvalue weighted by Gasteiger charge is 2.09. The van der Waals surface area contributed by atoms with Gasteiger partial charge in [-0.15, -0.1) is 0 Å². The molecule has 10 heavy (non-hydrogen) atoms. The molecular formula is C7H14N2O. The highest BCUT2D eigenvalue weighted by Crippen LogP contribution is 1.97. The Morgan fingerprint density at radius 2 is 2.00 bits per heavy atom. The lowest BCUT2D eigenvalue weighted by Crippen LogP contribution is -2.39. The lowest BCUT2D eigenvalue weighted by Gasteiger charge is -2.27. The van der Waals surface area contributed by atoms with Gasteiger partial charge in [0.05, 0.1) is 19.0 Å².